The van der Waals surface area contributed by atoms with Crippen LogP contribution in [0.1, 0.15) is 17.5 Å². The first kappa shape index (κ1) is 16.0. The standard InChI is InChI=1S/C15H18FN3O3/c1-22-14-4-10(2-3-11(14)6-17)7-18-15(21)19-8-12(16)5-13(19)9-20/h2-4,12-13,20H,5,7-9H2,1H3,(H,18,21). The number of hydrogen-bond donors (Lipinski definition) is 2. The highest BCUT2D eigenvalue weighted by Crippen LogP contribution is 2.21. The molecule has 118 valence electrons. The minimum absolute atomic E-state index is 0.00620. The van der Waals surface area contributed by atoms with Crippen molar-refractivity contribution in [1.29, 1.82) is 5.26 Å². The van der Waals surface area contributed by atoms with E-state index >= 15 is 0 Å². The summed E-state index contributed by atoms with van der Waals surface area (Å²) in [5.74, 6) is 0.437. The summed E-state index contributed by atoms with van der Waals surface area (Å²) >= 11 is 0. The molecule has 1 aromatic rings. The molecular weight excluding hydrogens is 289 g/mol. The summed E-state index contributed by atoms with van der Waals surface area (Å²) < 4.78 is 18.4. The van der Waals surface area contributed by atoms with Gasteiger partial charge in [-0.25, -0.2) is 9.18 Å². The van der Waals surface area contributed by atoms with Gasteiger partial charge < -0.3 is 20.1 Å². The van der Waals surface area contributed by atoms with Gasteiger partial charge in [-0.2, -0.15) is 5.26 Å². The Morgan fingerprint density at radius 1 is 1.64 bits per heavy atom. The molecule has 0 aliphatic carbocycles. The Morgan fingerprint density at radius 3 is 3.05 bits per heavy atom. The van der Waals surface area contributed by atoms with Gasteiger partial charge in [-0.15, -0.1) is 0 Å². The van der Waals surface area contributed by atoms with Gasteiger partial charge in [0, 0.05) is 13.0 Å². The smallest absolute Gasteiger partial charge is 0.318 e. The molecule has 1 aliphatic rings. The van der Waals surface area contributed by atoms with Crippen LogP contribution in [0.3, 0.4) is 0 Å². The third kappa shape index (κ3) is 3.46. The topological polar surface area (TPSA) is 85.6 Å². The Kier molecular flexibility index (Phi) is 5.17. The van der Waals surface area contributed by atoms with Gasteiger partial charge >= 0.3 is 6.03 Å². The van der Waals surface area contributed by atoms with Crippen LogP contribution in [-0.2, 0) is 6.54 Å². The molecule has 6 nitrogen and oxygen atoms in total. The number of hydrogen-bond acceptors (Lipinski definition) is 4. The number of ether oxygens (including phenoxy) is 1. The first-order valence-corrected chi connectivity index (χ1v) is 6.95. The molecule has 1 aromatic carbocycles. The first-order valence-electron chi connectivity index (χ1n) is 6.95. The summed E-state index contributed by atoms with van der Waals surface area (Å²) in [6, 6.07) is 6.12. The zero-order chi connectivity index (χ0) is 16.1. The lowest BCUT2D eigenvalue weighted by atomic mass is 10.1. The molecule has 0 spiro atoms. The van der Waals surface area contributed by atoms with Crippen molar-refractivity contribution in [2.75, 3.05) is 20.3 Å². The van der Waals surface area contributed by atoms with E-state index in [0.717, 1.165) is 5.56 Å². The zero-order valence-electron chi connectivity index (χ0n) is 12.3. The van der Waals surface area contributed by atoms with Crippen LogP contribution >= 0.6 is 0 Å². The Morgan fingerprint density at radius 2 is 2.41 bits per heavy atom. The number of urea groups is 1. The number of aliphatic hydroxyl groups is 1. The van der Waals surface area contributed by atoms with Crippen molar-refractivity contribution in [1.82, 2.24) is 10.2 Å². The van der Waals surface area contributed by atoms with Crippen LogP contribution in [0, 0.1) is 11.3 Å². The Hall–Kier alpha value is -2.33. The lowest BCUT2D eigenvalue weighted by Gasteiger charge is -2.23. The molecule has 1 aliphatic heterocycles. The molecule has 1 heterocycles. The number of methoxy groups -OCH3 is 1. The molecule has 0 bridgehead atoms. The minimum atomic E-state index is -1.10. The summed E-state index contributed by atoms with van der Waals surface area (Å²) in [4.78, 5) is 13.4. The van der Waals surface area contributed by atoms with E-state index in [1.165, 1.54) is 12.0 Å². The number of carbonyl (C=O) groups is 1. The van der Waals surface area contributed by atoms with E-state index in [2.05, 4.69) is 5.32 Å². The third-order valence-electron chi connectivity index (χ3n) is 3.67. The molecule has 1 fully saturated rings. The molecule has 2 atom stereocenters. The molecule has 2 rings (SSSR count). The maximum absolute atomic E-state index is 13.3. The van der Waals surface area contributed by atoms with E-state index in [9.17, 15) is 14.3 Å². The molecule has 7 heteroatoms. The van der Waals surface area contributed by atoms with Gasteiger partial charge in [-0.05, 0) is 17.7 Å². The zero-order valence-corrected chi connectivity index (χ0v) is 12.3. The molecule has 22 heavy (non-hydrogen) atoms. The second kappa shape index (κ2) is 7.09. The number of amides is 2. The van der Waals surface area contributed by atoms with Crippen molar-refractivity contribution in [2.24, 2.45) is 0 Å². The van der Waals surface area contributed by atoms with Gasteiger partial charge in [0.15, 0.2) is 0 Å². The van der Waals surface area contributed by atoms with Gasteiger partial charge in [0.05, 0.1) is 31.9 Å². The molecule has 2 N–H and O–H groups in total. The number of nitrogens with one attached hydrogen (secondary N) is 1. The number of nitrogens with zero attached hydrogens (tertiary/aromatic N) is 2. The van der Waals surface area contributed by atoms with Crippen molar-refractivity contribution >= 4 is 6.03 Å². The maximum atomic E-state index is 13.3. The summed E-state index contributed by atoms with van der Waals surface area (Å²) in [5, 5.41) is 20.8. The van der Waals surface area contributed by atoms with Gasteiger partial charge in [0.1, 0.15) is 18.0 Å². The van der Waals surface area contributed by atoms with Gasteiger partial charge in [-0.1, -0.05) is 6.07 Å². The number of benzene rings is 1. The van der Waals surface area contributed by atoms with Crippen LogP contribution < -0.4 is 10.1 Å². The Bertz CT molecular complexity index is 588. The molecule has 2 unspecified atom stereocenters. The van der Waals surface area contributed by atoms with Crippen LogP contribution in [0.2, 0.25) is 0 Å². The average Bonchev–Trinajstić information content (AvgIpc) is 2.93. The van der Waals surface area contributed by atoms with Gasteiger partial charge in [0.25, 0.3) is 0 Å². The number of rotatable bonds is 4. The molecule has 2 amide bonds. The lowest BCUT2D eigenvalue weighted by Crippen LogP contribution is -2.44. The average molecular weight is 307 g/mol. The van der Waals surface area contributed by atoms with E-state index in [0.29, 0.717) is 11.3 Å². The second-order valence-corrected chi connectivity index (χ2v) is 5.13. The van der Waals surface area contributed by atoms with Crippen LogP contribution in [0.25, 0.3) is 0 Å². The summed E-state index contributed by atoms with van der Waals surface area (Å²) in [7, 11) is 1.47. The minimum Gasteiger partial charge on any atom is -0.495 e. The highest BCUT2D eigenvalue weighted by atomic mass is 19.1. The van der Waals surface area contributed by atoms with E-state index < -0.39 is 18.2 Å². The van der Waals surface area contributed by atoms with E-state index in [4.69, 9.17) is 10.00 Å². The van der Waals surface area contributed by atoms with Crippen molar-refractivity contribution in [2.45, 2.75) is 25.2 Å². The van der Waals surface area contributed by atoms with E-state index in [-0.39, 0.29) is 26.1 Å². The van der Waals surface area contributed by atoms with Crippen LogP contribution in [0.5, 0.6) is 5.75 Å². The fourth-order valence-corrected chi connectivity index (χ4v) is 2.50. The first-order chi connectivity index (χ1) is 10.6. The SMILES string of the molecule is COc1cc(CNC(=O)N2CC(F)CC2CO)ccc1C#N. The predicted molar refractivity (Wildman–Crippen MR) is 77.0 cm³/mol. The van der Waals surface area contributed by atoms with Crippen molar-refractivity contribution in [3.05, 3.63) is 29.3 Å². The quantitative estimate of drug-likeness (QED) is 0.874. The number of nitriles is 1. The van der Waals surface area contributed by atoms with Gasteiger partial charge in [0.2, 0.25) is 0 Å². The lowest BCUT2D eigenvalue weighted by molar-refractivity contribution is 0.156. The summed E-state index contributed by atoms with van der Waals surface area (Å²) in [6.07, 6.45) is -0.938. The highest BCUT2D eigenvalue weighted by Gasteiger charge is 2.34. The molecule has 0 aromatic heterocycles. The third-order valence-corrected chi connectivity index (χ3v) is 3.67. The summed E-state index contributed by atoms with van der Waals surface area (Å²) in [5.41, 5.74) is 1.18. The monoisotopic (exact) mass is 307 g/mol. The van der Waals surface area contributed by atoms with Crippen LogP contribution in [0.15, 0.2) is 18.2 Å². The van der Waals surface area contributed by atoms with Crippen molar-refractivity contribution in [3.63, 3.8) is 0 Å². The summed E-state index contributed by atoms with van der Waals surface area (Å²) in [6.45, 7) is -0.0290. The van der Waals surface area contributed by atoms with Crippen LogP contribution in [0.4, 0.5) is 9.18 Å². The largest absolute Gasteiger partial charge is 0.495 e. The number of carbonyl (C=O) groups excluding carboxylic acids is 1. The molecule has 0 radical (unpaired) electrons. The fourth-order valence-electron chi connectivity index (χ4n) is 2.50. The number of halogens is 1. The molecular formula is C15H18FN3O3. The maximum Gasteiger partial charge on any atom is 0.318 e. The number of alkyl halides is 1. The number of likely N-dealkylation sites (tertiary alicyclic amines) is 1. The fraction of sp³-hybridized carbons (Fsp3) is 0.467. The Balaban J connectivity index is 1.98. The van der Waals surface area contributed by atoms with Crippen LogP contribution in [-0.4, -0.2) is 48.5 Å². The Labute approximate surface area is 128 Å². The molecule has 1 saturated heterocycles. The van der Waals surface area contributed by atoms with E-state index in [1.807, 2.05) is 6.07 Å². The van der Waals surface area contributed by atoms with Gasteiger partial charge in [-0.3, -0.25) is 0 Å². The van der Waals surface area contributed by atoms with Crippen molar-refractivity contribution in [3.8, 4) is 11.8 Å². The van der Waals surface area contributed by atoms with Crippen molar-refractivity contribution < 1.29 is 19.0 Å². The number of aliphatic hydroxyl groups excluding tert-OH is 1. The normalized spacial score (nSPS) is 20.5. The predicted octanol–water partition coefficient (Wildman–Crippen LogP) is 1.18. The van der Waals surface area contributed by atoms with E-state index in [1.54, 1.807) is 18.2 Å². The molecule has 0 saturated carbocycles. The highest BCUT2D eigenvalue weighted by molar-refractivity contribution is 5.75. The second-order valence-electron chi connectivity index (χ2n) is 5.13.